The summed E-state index contributed by atoms with van der Waals surface area (Å²) in [6, 6.07) is 4.12. The first-order valence-corrected chi connectivity index (χ1v) is 8.93. The van der Waals surface area contributed by atoms with Crippen molar-refractivity contribution in [2.75, 3.05) is 46.6 Å². The number of carbonyl (C=O) groups is 1. The van der Waals surface area contributed by atoms with Crippen LogP contribution in [0.15, 0.2) is 23.1 Å². The maximum atomic E-state index is 12.6. The van der Waals surface area contributed by atoms with E-state index in [0.29, 0.717) is 39.5 Å². The van der Waals surface area contributed by atoms with E-state index in [1.165, 1.54) is 29.6 Å². The summed E-state index contributed by atoms with van der Waals surface area (Å²) in [6.07, 6.45) is 0. The molecule has 0 bridgehead atoms. The Hall–Kier alpha value is -1.19. The van der Waals surface area contributed by atoms with Gasteiger partial charge in [-0.05, 0) is 18.2 Å². The van der Waals surface area contributed by atoms with Crippen LogP contribution >= 0.6 is 11.6 Å². The van der Waals surface area contributed by atoms with Crippen LogP contribution in [0.25, 0.3) is 0 Å². The van der Waals surface area contributed by atoms with E-state index in [-0.39, 0.29) is 15.5 Å². The lowest BCUT2D eigenvalue weighted by Crippen LogP contribution is -2.40. The van der Waals surface area contributed by atoms with Crippen LogP contribution in [0.1, 0.15) is 10.4 Å². The highest BCUT2D eigenvalue weighted by atomic mass is 35.5. The molecule has 1 saturated heterocycles. The van der Waals surface area contributed by atoms with Crippen LogP contribution in [0.2, 0.25) is 5.02 Å². The molecule has 0 saturated carbocycles. The number of ether oxygens (including phenoxy) is 2. The van der Waals surface area contributed by atoms with Crippen LogP contribution < -0.4 is 5.32 Å². The summed E-state index contributed by atoms with van der Waals surface area (Å²) < 4.78 is 36.6. The smallest absolute Gasteiger partial charge is 0.252 e. The summed E-state index contributed by atoms with van der Waals surface area (Å²) in [5, 5.41) is 2.82. The van der Waals surface area contributed by atoms with E-state index in [0.717, 1.165) is 0 Å². The Kier molecular flexibility index (Phi) is 6.37. The number of morpholine rings is 1. The largest absolute Gasteiger partial charge is 0.383 e. The third kappa shape index (κ3) is 4.42. The number of nitrogens with one attached hydrogen (secondary N) is 1. The highest BCUT2D eigenvalue weighted by Gasteiger charge is 2.27. The maximum absolute atomic E-state index is 12.6. The molecule has 1 fully saturated rings. The third-order valence-corrected chi connectivity index (χ3v) is 5.61. The van der Waals surface area contributed by atoms with Crippen molar-refractivity contribution in [1.29, 1.82) is 0 Å². The van der Waals surface area contributed by atoms with Gasteiger partial charge in [0.1, 0.15) is 0 Å². The Balaban J connectivity index is 2.23. The van der Waals surface area contributed by atoms with Crippen molar-refractivity contribution in [2.24, 2.45) is 0 Å². The van der Waals surface area contributed by atoms with Crippen molar-refractivity contribution in [2.45, 2.75) is 4.90 Å². The van der Waals surface area contributed by atoms with Gasteiger partial charge in [-0.3, -0.25) is 4.79 Å². The summed E-state index contributed by atoms with van der Waals surface area (Å²) in [6.45, 7) is 1.97. The SMILES string of the molecule is COCCNC(=O)c1cc(S(=O)(=O)N2CCOCC2)ccc1Cl. The molecule has 0 atom stereocenters. The van der Waals surface area contributed by atoms with Crippen molar-refractivity contribution in [1.82, 2.24) is 9.62 Å². The van der Waals surface area contributed by atoms with Gasteiger partial charge in [0.05, 0.1) is 35.3 Å². The van der Waals surface area contributed by atoms with Crippen LogP contribution in [0.4, 0.5) is 0 Å². The van der Waals surface area contributed by atoms with Gasteiger partial charge in [-0.25, -0.2) is 8.42 Å². The zero-order valence-corrected chi connectivity index (χ0v) is 14.3. The van der Waals surface area contributed by atoms with Gasteiger partial charge in [-0.15, -0.1) is 0 Å². The molecule has 1 amide bonds. The molecule has 1 heterocycles. The first-order valence-electron chi connectivity index (χ1n) is 7.11. The second kappa shape index (κ2) is 8.07. The maximum Gasteiger partial charge on any atom is 0.252 e. The minimum Gasteiger partial charge on any atom is -0.383 e. The molecule has 0 spiro atoms. The molecule has 9 heteroatoms. The highest BCUT2D eigenvalue weighted by Crippen LogP contribution is 2.23. The highest BCUT2D eigenvalue weighted by molar-refractivity contribution is 7.89. The lowest BCUT2D eigenvalue weighted by molar-refractivity contribution is 0.0730. The van der Waals surface area contributed by atoms with Crippen molar-refractivity contribution in [3.8, 4) is 0 Å². The lowest BCUT2D eigenvalue weighted by atomic mass is 10.2. The normalized spacial score (nSPS) is 16.3. The quantitative estimate of drug-likeness (QED) is 0.754. The van der Waals surface area contributed by atoms with Crippen LogP contribution in [-0.4, -0.2) is 65.2 Å². The van der Waals surface area contributed by atoms with Gasteiger partial charge < -0.3 is 14.8 Å². The minimum absolute atomic E-state index is 0.0423. The first kappa shape index (κ1) is 18.2. The van der Waals surface area contributed by atoms with Gasteiger partial charge >= 0.3 is 0 Å². The number of carbonyl (C=O) groups excluding carboxylic acids is 1. The van der Waals surface area contributed by atoms with Gasteiger partial charge in [0, 0.05) is 26.7 Å². The zero-order valence-electron chi connectivity index (χ0n) is 12.7. The number of benzene rings is 1. The second-order valence-electron chi connectivity index (χ2n) is 4.91. The molecule has 0 unspecified atom stereocenters. The topological polar surface area (TPSA) is 84.9 Å². The van der Waals surface area contributed by atoms with Crippen molar-refractivity contribution >= 4 is 27.5 Å². The molecule has 0 radical (unpaired) electrons. The molecule has 0 aromatic heterocycles. The van der Waals surface area contributed by atoms with Crippen molar-refractivity contribution in [3.63, 3.8) is 0 Å². The first-order chi connectivity index (χ1) is 11.0. The molecule has 23 heavy (non-hydrogen) atoms. The van der Waals surface area contributed by atoms with E-state index in [1.807, 2.05) is 0 Å². The van der Waals surface area contributed by atoms with Gasteiger partial charge in [-0.2, -0.15) is 4.31 Å². The van der Waals surface area contributed by atoms with Gasteiger partial charge in [-0.1, -0.05) is 11.6 Å². The molecule has 0 aliphatic carbocycles. The summed E-state index contributed by atoms with van der Waals surface area (Å²) >= 11 is 6.02. The number of sulfonamides is 1. The molecular formula is C14H19ClN2O5S. The number of halogens is 1. The lowest BCUT2D eigenvalue weighted by Gasteiger charge is -2.26. The molecule has 1 aromatic carbocycles. The van der Waals surface area contributed by atoms with E-state index in [2.05, 4.69) is 5.32 Å². The second-order valence-corrected chi connectivity index (χ2v) is 7.25. The number of rotatable bonds is 6. The van der Waals surface area contributed by atoms with E-state index in [4.69, 9.17) is 21.1 Å². The number of hydrogen-bond acceptors (Lipinski definition) is 5. The Morgan fingerprint density at radius 1 is 1.39 bits per heavy atom. The van der Waals surface area contributed by atoms with E-state index in [9.17, 15) is 13.2 Å². The number of nitrogens with zero attached hydrogens (tertiary/aromatic N) is 1. The van der Waals surface area contributed by atoms with Gasteiger partial charge in [0.25, 0.3) is 5.91 Å². The molecule has 1 aliphatic heterocycles. The number of amides is 1. The fourth-order valence-electron chi connectivity index (χ4n) is 2.14. The predicted octanol–water partition coefficient (Wildman–Crippen LogP) is 0.737. The average molecular weight is 363 g/mol. The molecule has 2 rings (SSSR count). The van der Waals surface area contributed by atoms with E-state index < -0.39 is 15.9 Å². The van der Waals surface area contributed by atoms with E-state index >= 15 is 0 Å². The molecular weight excluding hydrogens is 344 g/mol. The third-order valence-electron chi connectivity index (χ3n) is 3.38. The fraction of sp³-hybridized carbons (Fsp3) is 0.500. The summed E-state index contributed by atoms with van der Waals surface area (Å²) in [7, 11) is -2.15. The fourth-order valence-corrected chi connectivity index (χ4v) is 3.77. The average Bonchev–Trinajstić information content (AvgIpc) is 2.56. The van der Waals surface area contributed by atoms with Crippen molar-refractivity contribution < 1.29 is 22.7 Å². The Bertz CT molecular complexity index is 659. The molecule has 1 N–H and O–H groups in total. The van der Waals surface area contributed by atoms with Crippen LogP contribution in [0.5, 0.6) is 0 Å². The van der Waals surface area contributed by atoms with E-state index in [1.54, 1.807) is 0 Å². The molecule has 1 aliphatic rings. The number of methoxy groups -OCH3 is 1. The van der Waals surface area contributed by atoms with Gasteiger partial charge in [0.15, 0.2) is 0 Å². The summed E-state index contributed by atoms with van der Waals surface area (Å²) in [5.74, 6) is -0.439. The predicted molar refractivity (Wildman–Crippen MR) is 85.2 cm³/mol. The molecule has 1 aromatic rings. The number of hydrogen-bond donors (Lipinski definition) is 1. The Morgan fingerprint density at radius 2 is 2.09 bits per heavy atom. The van der Waals surface area contributed by atoms with Crippen LogP contribution in [0.3, 0.4) is 0 Å². The zero-order chi connectivity index (χ0) is 16.9. The van der Waals surface area contributed by atoms with Gasteiger partial charge in [0.2, 0.25) is 10.0 Å². The Labute approximate surface area is 140 Å². The molecule has 7 nitrogen and oxygen atoms in total. The standard InChI is InChI=1S/C14H19ClN2O5S/c1-21-7-4-16-14(18)12-10-11(2-3-13(12)15)23(19,20)17-5-8-22-9-6-17/h2-3,10H,4-9H2,1H3,(H,16,18). The summed E-state index contributed by atoms with van der Waals surface area (Å²) in [4.78, 5) is 12.2. The summed E-state index contributed by atoms with van der Waals surface area (Å²) in [5.41, 5.74) is 0.122. The van der Waals surface area contributed by atoms with Crippen LogP contribution in [-0.2, 0) is 19.5 Å². The monoisotopic (exact) mass is 362 g/mol. The Morgan fingerprint density at radius 3 is 2.74 bits per heavy atom. The van der Waals surface area contributed by atoms with Crippen LogP contribution in [0, 0.1) is 0 Å². The molecule has 128 valence electrons. The van der Waals surface area contributed by atoms with Crippen molar-refractivity contribution in [3.05, 3.63) is 28.8 Å². The minimum atomic E-state index is -3.67.